The van der Waals surface area contributed by atoms with Gasteiger partial charge in [-0.3, -0.25) is 4.79 Å². The van der Waals surface area contributed by atoms with Crippen molar-refractivity contribution < 1.29 is 19.0 Å². The van der Waals surface area contributed by atoms with E-state index in [1.165, 1.54) is 50.8 Å². The third kappa shape index (κ3) is 6.90. The zero-order valence-corrected chi connectivity index (χ0v) is 25.3. The van der Waals surface area contributed by atoms with E-state index in [9.17, 15) is 4.79 Å². The Morgan fingerprint density at radius 2 is 1.61 bits per heavy atom. The number of carbonyl (C=O) groups is 1. The number of carbonyl (C=O) groups excluding carboxylic acids is 1. The molecule has 3 fully saturated rings. The van der Waals surface area contributed by atoms with Crippen molar-refractivity contribution in [2.75, 3.05) is 60.6 Å². The van der Waals surface area contributed by atoms with E-state index in [0.717, 1.165) is 69.4 Å². The quantitative estimate of drug-likeness (QED) is 0.393. The van der Waals surface area contributed by atoms with Crippen LogP contribution < -0.4 is 19.5 Å². The molecule has 3 saturated heterocycles. The lowest BCUT2D eigenvalue weighted by molar-refractivity contribution is 0.0853. The van der Waals surface area contributed by atoms with E-state index >= 15 is 0 Å². The van der Waals surface area contributed by atoms with Gasteiger partial charge in [0.05, 0.1) is 32.9 Å². The molecule has 2 atom stereocenters. The fourth-order valence-corrected chi connectivity index (χ4v) is 7.45. The second-order valence-corrected chi connectivity index (χ2v) is 12.1. The minimum atomic E-state index is -0.285. The van der Waals surface area contributed by atoms with Gasteiger partial charge in [0.2, 0.25) is 0 Å². The van der Waals surface area contributed by atoms with Crippen molar-refractivity contribution in [3.05, 3.63) is 53.6 Å². The molecule has 2 unspecified atom stereocenters. The molecule has 0 aromatic heterocycles. The number of hydrogen-bond acceptors (Lipinski definition) is 7. The third-order valence-electron chi connectivity index (χ3n) is 9.87. The molecule has 1 N–H and O–H groups in total. The van der Waals surface area contributed by atoms with Crippen LogP contribution in [0, 0.1) is 0 Å². The smallest absolute Gasteiger partial charge is 0.183 e. The number of likely N-dealkylation sites (tertiary alicyclic amines) is 2. The zero-order valence-electron chi connectivity index (χ0n) is 25.3. The van der Waals surface area contributed by atoms with Gasteiger partial charge >= 0.3 is 0 Å². The summed E-state index contributed by atoms with van der Waals surface area (Å²) in [6, 6.07) is 14.4. The van der Waals surface area contributed by atoms with Gasteiger partial charge in [-0.25, -0.2) is 0 Å². The minimum Gasteiger partial charge on any atom is -0.496 e. The van der Waals surface area contributed by atoms with Crippen molar-refractivity contribution in [1.82, 2.24) is 15.1 Å². The molecule has 2 aromatic carbocycles. The largest absolute Gasteiger partial charge is 0.496 e. The Bertz CT molecular complexity index is 1140. The molecule has 3 heterocycles. The average molecular weight is 564 g/mol. The summed E-state index contributed by atoms with van der Waals surface area (Å²) >= 11 is 0. The summed E-state index contributed by atoms with van der Waals surface area (Å²) in [6.45, 7) is 6.73. The minimum absolute atomic E-state index is 0.108. The van der Waals surface area contributed by atoms with Crippen LogP contribution in [0.3, 0.4) is 0 Å². The molecule has 3 aliphatic rings. The second-order valence-electron chi connectivity index (χ2n) is 12.1. The molecule has 7 heteroatoms. The SMILES string of the molecule is COc1ccc(C2(CCN3CCC(N4CCCCC4)CC3)CCCNC(C(=O)c3ccccc3OC)C2)cc1OC. The van der Waals surface area contributed by atoms with E-state index in [2.05, 4.69) is 27.2 Å². The summed E-state index contributed by atoms with van der Waals surface area (Å²) < 4.78 is 16.9. The van der Waals surface area contributed by atoms with Crippen molar-refractivity contribution in [2.24, 2.45) is 0 Å². The number of nitrogens with one attached hydrogen (secondary N) is 1. The summed E-state index contributed by atoms with van der Waals surface area (Å²) in [5.41, 5.74) is 1.73. The fourth-order valence-electron chi connectivity index (χ4n) is 7.45. The molecule has 2 aromatic rings. The zero-order chi connectivity index (χ0) is 28.7. The molecule has 3 aliphatic heterocycles. The van der Waals surface area contributed by atoms with Gasteiger partial charge < -0.3 is 29.3 Å². The van der Waals surface area contributed by atoms with Crippen molar-refractivity contribution in [3.63, 3.8) is 0 Å². The van der Waals surface area contributed by atoms with Gasteiger partial charge in [-0.2, -0.15) is 0 Å². The summed E-state index contributed by atoms with van der Waals surface area (Å²) in [4.78, 5) is 19.4. The number of nitrogens with zero attached hydrogens (tertiary/aromatic N) is 2. The van der Waals surface area contributed by atoms with Crippen LogP contribution in [0.15, 0.2) is 42.5 Å². The van der Waals surface area contributed by atoms with Crippen LogP contribution in [-0.4, -0.2) is 88.3 Å². The van der Waals surface area contributed by atoms with Crippen molar-refractivity contribution in [1.29, 1.82) is 0 Å². The lowest BCUT2D eigenvalue weighted by Gasteiger charge is -2.42. The molecule has 224 valence electrons. The van der Waals surface area contributed by atoms with Crippen molar-refractivity contribution in [3.8, 4) is 17.2 Å². The number of rotatable bonds is 10. The summed E-state index contributed by atoms with van der Waals surface area (Å²) in [7, 11) is 5.01. The normalized spacial score (nSPS) is 24.9. The van der Waals surface area contributed by atoms with E-state index in [1.807, 2.05) is 30.3 Å². The van der Waals surface area contributed by atoms with Gasteiger partial charge in [0.25, 0.3) is 0 Å². The highest BCUT2D eigenvalue weighted by molar-refractivity contribution is 6.02. The van der Waals surface area contributed by atoms with E-state index in [-0.39, 0.29) is 17.2 Å². The molecule has 0 spiro atoms. The Kier molecular flexibility index (Phi) is 10.2. The molecule has 5 rings (SSSR count). The Morgan fingerprint density at radius 3 is 2.34 bits per heavy atom. The standard InChI is InChI=1S/C34H49N3O4/c1-39-30-11-6-5-10-28(30)33(38)29-25-34(16-9-18-35-29,26-12-13-31(40-2)32(24-26)41-3)17-23-36-21-14-27(15-22-36)37-19-7-4-8-20-37/h5-6,10-13,24,27,29,35H,4,7-9,14-23,25H2,1-3H3. The van der Waals surface area contributed by atoms with E-state index in [0.29, 0.717) is 11.3 Å². The third-order valence-corrected chi connectivity index (χ3v) is 9.87. The van der Waals surface area contributed by atoms with Crippen LogP contribution in [0.2, 0.25) is 0 Å². The number of ether oxygens (including phenoxy) is 3. The summed E-state index contributed by atoms with van der Waals surface area (Å²) in [5.74, 6) is 2.23. The maximum Gasteiger partial charge on any atom is 0.183 e. The number of ketones is 1. The predicted molar refractivity (Wildman–Crippen MR) is 164 cm³/mol. The summed E-state index contributed by atoms with van der Waals surface area (Å²) in [6.07, 6.45) is 10.4. The monoisotopic (exact) mass is 563 g/mol. The molecule has 0 radical (unpaired) electrons. The second kappa shape index (κ2) is 14.0. The lowest BCUT2D eigenvalue weighted by Crippen LogP contribution is -2.48. The van der Waals surface area contributed by atoms with Crippen LogP contribution in [0.5, 0.6) is 17.2 Å². The van der Waals surface area contributed by atoms with Gasteiger partial charge in [-0.15, -0.1) is 0 Å². The molecule has 41 heavy (non-hydrogen) atoms. The maximum absolute atomic E-state index is 14.0. The van der Waals surface area contributed by atoms with E-state index in [4.69, 9.17) is 14.2 Å². The van der Waals surface area contributed by atoms with Crippen LogP contribution in [0.4, 0.5) is 0 Å². The van der Waals surface area contributed by atoms with Crippen molar-refractivity contribution >= 4 is 5.78 Å². The van der Waals surface area contributed by atoms with Gasteiger partial charge in [0, 0.05) is 6.04 Å². The van der Waals surface area contributed by atoms with E-state index < -0.39 is 0 Å². The number of methoxy groups -OCH3 is 3. The highest BCUT2D eigenvalue weighted by atomic mass is 16.5. The first-order chi connectivity index (χ1) is 20.1. The van der Waals surface area contributed by atoms with Gasteiger partial charge in [0.15, 0.2) is 17.3 Å². The molecule has 0 aliphatic carbocycles. The molecular weight excluding hydrogens is 514 g/mol. The highest BCUT2D eigenvalue weighted by Gasteiger charge is 2.40. The highest BCUT2D eigenvalue weighted by Crippen LogP contribution is 2.43. The first-order valence-corrected chi connectivity index (χ1v) is 15.7. The number of Topliss-reactive ketones (excluding diaryl/α,β-unsaturated/α-hetero) is 1. The maximum atomic E-state index is 14.0. The molecule has 0 bridgehead atoms. The Hall–Kier alpha value is -2.61. The molecule has 7 nitrogen and oxygen atoms in total. The Balaban J connectivity index is 1.37. The Morgan fingerprint density at radius 1 is 0.878 bits per heavy atom. The molecule has 0 saturated carbocycles. The topological polar surface area (TPSA) is 63.3 Å². The first kappa shape index (κ1) is 29.9. The Labute approximate surface area is 246 Å². The predicted octanol–water partition coefficient (Wildman–Crippen LogP) is 5.32. The first-order valence-electron chi connectivity index (χ1n) is 15.7. The van der Waals surface area contributed by atoms with Crippen LogP contribution >= 0.6 is 0 Å². The lowest BCUT2D eigenvalue weighted by atomic mass is 9.69. The average Bonchev–Trinajstić information content (AvgIpc) is 3.27. The molecule has 0 amide bonds. The number of piperidine rings is 2. The van der Waals surface area contributed by atoms with E-state index in [1.54, 1.807) is 21.3 Å². The van der Waals surface area contributed by atoms with Gasteiger partial charge in [0.1, 0.15) is 5.75 Å². The molecular formula is C34H49N3O4. The number of hydrogen-bond donors (Lipinski definition) is 1. The van der Waals surface area contributed by atoms with Crippen LogP contribution in [0.1, 0.15) is 73.7 Å². The van der Waals surface area contributed by atoms with Crippen LogP contribution in [-0.2, 0) is 5.41 Å². The fraction of sp³-hybridized carbons (Fsp3) is 0.618. The van der Waals surface area contributed by atoms with Gasteiger partial charge in [-0.1, -0.05) is 24.6 Å². The van der Waals surface area contributed by atoms with Gasteiger partial charge in [-0.05, 0) is 126 Å². The summed E-state index contributed by atoms with van der Waals surface area (Å²) in [5, 5.41) is 3.61. The van der Waals surface area contributed by atoms with Crippen LogP contribution in [0.25, 0.3) is 0 Å². The number of para-hydroxylation sites is 1. The number of benzene rings is 2. The van der Waals surface area contributed by atoms with Crippen molar-refractivity contribution in [2.45, 2.75) is 75.3 Å².